The van der Waals surface area contributed by atoms with Crippen LogP contribution in [0.3, 0.4) is 0 Å². The Hall–Kier alpha value is -2.32. The number of hydrogen-bond acceptors (Lipinski definition) is 0. The molecule has 4 aromatic carbocycles. The van der Waals surface area contributed by atoms with Crippen molar-refractivity contribution in [3.63, 3.8) is 0 Å². The summed E-state index contributed by atoms with van der Waals surface area (Å²) in [6.07, 6.45) is 8.70. The summed E-state index contributed by atoms with van der Waals surface area (Å²) in [6.45, 7) is 8.86. The van der Waals surface area contributed by atoms with Gasteiger partial charge in [-0.15, -0.1) is 5.56 Å². The molecule has 2 aliphatic carbocycles. The summed E-state index contributed by atoms with van der Waals surface area (Å²) in [5, 5.41) is 0. The standard InChI is InChI=1S/C13H9.C13H10.C10H15.2ClH.Hf/c1-3-7-12-10(5-1)9-11-6-2-4-8-13(11)12;1-3-7-12(8-4-1)11-13-9-5-2-6-10-13;1-8-5-6-9(7-8)10(2,3)4;;;/h1-5,7-8H,9H2;1-10H;6-8H,1-4H3;2*1H;/q-1;;-1;;;+2/p-2. The number of rotatable bonds is 2. The van der Waals surface area contributed by atoms with E-state index >= 15 is 0 Å². The first kappa shape index (κ1) is 32.9. The van der Waals surface area contributed by atoms with Gasteiger partial charge in [-0.25, -0.2) is 6.08 Å². The van der Waals surface area contributed by atoms with E-state index < -0.39 is 0 Å². The fourth-order valence-electron chi connectivity index (χ4n) is 4.43. The molecule has 198 valence electrons. The molecule has 0 bridgehead atoms. The van der Waals surface area contributed by atoms with E-state index in [-0.39, 0.29) is 24.8 Å². The number of benzene rings is 4. The minimum atomic E-state index is 0. The molecule has 39 heavy (non-hydrogen) atoms. The molecule has 0 amide bonds. The van der Waals surface area contributed by atoms with Crippen LogP contribution in [0.25, 0.3) is 11.1 Å². The minimum Gasteiger partial charge on any atom is -0.179 e. The third-order valence-corrected chi connectivity index (χ3v) is 8.61. The predicted molar refractivity (Wildman–Crippen MR) is 154 cm³/mol. The van der Waals surface area contributed by atoms with E-state index in [4.69, 9.17) is 0 Å². The quantitative estimate of drug-likeness (QED) is 0.195. The zero-order valence-corrected chi connectivity index (χ0v) is 28.1. The number of allylic oxidation sites excluding steroid dienone is 4. The molecular formula is C36H34Cl2Hf-2. The molecule has 0 N–H and O–H groups in total. The molecule has 0 aromatic heterocycles. The number of halogens is 2. The zero-order valence-electron chi connectivity index (χ0n) is 23.0. The normalized spacial score (nSPS) is 14.1. The summed E-state index contributed by atoms with van der Waals surface area (Å²) in [5.74, 6) is 0.522. The second-order valence-electron chi connectivity index (χ2n) is 10.5. The number of hydrogen-bond donors (Lipinski definition) is 0. The summed E-state index contributed by atoms with van der Waals surface area (Å²) in [7, 11) is 0. The Labute approximate surface area is 262 Å². The summed E-state index contributed by atoms with van der Waals surface area (Å²) in [5.41, 5.74) is 9.93. The second kappa shape index (κ2) is 15.5. The van der Waals surface area contributed by atoms with Crippen LogP contribution in [0.1, 0.15) is 49.9 Å². The minimum absolute atomic E-state index is 0. The number of fused-ring (bicyclic) bond motifs is 3. The van der Waals surface area contributed by atoms with E-state index in [1.807, 2.05) is 6.07 Å². The SMILES string of the molecule is CC1[C-]=CC(C(C)(C)C)=C1.[Cl-].[Cl-].[Hf+2]=[C](c1ccccc1)c1ccccc1.[c-]1cccc2c1Cc1ccccc1-2. The van der Waals surface area contributed by atoms with E-state index in [1.165, 1.54) is 42.2 Å². The maximum atomic E-state index is 3.30. The Morgan fingerprint density at radius 1 is 0.744 bits per heavy atom. The van der Waals surface area contributed by atoms with Crippen molar-refractivity contribution in [3.8, 4) is 11.1 Å². The topological polar surface area (TPSA) is 0 Å². The fourth-order valence-corrected chi connectivity index (χ4v) is 5.62. The van der Waals surface area contributed by atoms with Crippen LogP contribution < -0.4 is 24.8 Å². The van der Waals surface area contributed by atoms with Crippen LogP contribution in [-0.4, -0.2) is 3.26 Å². The van der Waals surface area contributed by atoms with Gasteiger partial charge in [0, 0.05) is 0 Å². The molecule has 0 saturated heterocycles. The Balaban J connectivity index is 0.000000203. The Morgan fingerprint density at radius 3 is 1.79 bits per heavy atom. The third-order valence-electron chi connectivity index (χ3n) is 6.54. The monoisotopic (exact) mass is 716 g/mol. The van der Waals surface area contributed by atoms with E-state index in [0.717, 1.165) is 30.3 Å². The van der Waals surface area contributed by atoms with Gasteiger partial charge in [-0.3, -0.25) is 6.08 Å². The van der Waals surface area contributed by atoms with Gasteiger partial charge in [-0.2, -0.15) is 41.5 Å². The van der Waals surface area contributed by atoms with E-state index in [1.54, 1.807) is 0 Å². The van der Waals surface area contributed by atoms with Crippen LogP contribution in [0.15, 0.2) is 121 Å². The van der Waals surface area contributed by atoms with Gasteiger partial charge >= 0.3 is 98.9 Å². The fraction of sp³-hybridized carbons (Fsp3) is 0.194. The third kappa shape index (κ3) is 9.10. The molecule has 0 fully saturated rings. The maximum absolute atomic E-state index is 3.30. The van der Waals surface area contributed by atoms with Crippen molar-refractivity contribution in [2.24, 2.45) is 11.3 Å². The molecule has 1 atom stereocenters. The van der Waals surface area contributed by atoms with Crippen molar-refractivity contribution in [2.75, 3.05) is 0 Å². The van der Waals surface area contributed by atoms with Crippen LogP contribution in [0.5, 0.6) is 0 Å². The smallest absolute Gasteiger partial charge is 0.0253 e. The molecule has 0 radical (unpaired) electrons. The molecular weight excluding hydrogens is 682 g/mol. The van der Waals surface area contributed by atoms with Gasteiger partial charge < -0.3 is 24.8 Å². The molecule has 1 unspecified atom stereocenters. The van der Waals surface area contributed by atoms with Crippen LogP contribution >= 0.6 is 0 Å². The van der Waals surface area contributed by atoms with Gasteiger partial charge in [-0.05, 0) is 6.42 Å². The van der Waals surface area contributed by atoms with Crippen LogP contribution in [0, 0.1) is 23.5 Å². The first-order valence-corrected chi connectivity index (χ1v) is 14.7. The van der Waals surface area contributed by atoms with E-state index in [0.29, 0.717) is 11.3 Å². The Kier molecular flexibility index (Phi) is 13.0. The molecule has 2 aliphatic rings. The van der Waals surface area contributed by atoms with Gasteiger partial charge in [-0.1, -0.05) is 74.4 Å². The summed E-state index contributed by atoms with van der Waals surface area (Å²) in [6, 6.07) is 39.3. The average Bonchev–Trinajstić information content (AvgIpc) is 3.54. The molecule has 0 spiro atoms. The maximum Gasteiger partial charge on any atom is -0.0253 e. The molecule has 0 heterocycles. The van der Waals surface area contributed by atoms with Gasteiger partial charge in [0.15, 0.2) is 0 Å². The van der Waals surface area contributed by atoms with Crippen molar-refractivity contribution >= 4 is 3.26 Å². The first-order valence-electron chi connectivity index (χ1n) is 12.9. The largest absolute Gasteiger partial charge is 0.179 e. The zero-order chi connectivity index (χ0) is 26.3. The molecule has 0 aliphatic heterocycles. The second-order valence-corrected chi connectivity index (χ2v) is 12.3. The van der Waals surface area contributed by atoms with Crippen LogP contribution in [0.4, 0.5) is 0 Å². The average molecular weight is 716 g/mol. The van der Waals surface area contributed by atoms with Crippen molar-refractivity contribution in [1.82, 2.24) is 0 Å². The van der Waals surface area contributed by atoms with Crippen molar-refractivity contribution in [1.29, 1.82) is 0 Å². The summed E-state index contributed by atoms with van der Waals surface area (Å²) in [4.78, 5) is 0. The van der Waals surface area contributed by atoms with Gasteiger partial charge in [0.05, 0.1) is 0 Å². The molecule has 6 rings (SSSR count). The van der Waals surface area contributed by atoms with E-state index in [2.05, 4.69) is 149 Å². The molecule has 3 heteroatoms. The van der Waals surface area contributed by atoms with E-state index in [9.17, 15) is 0 Å². The summed E-state index contributed by atoms with van der Waals surface area (Å²) >= 11 is 1.08. The van der Waals surface area contributed by atoms with Gasteiger partial charge in [0.1, 0.15) is 0 Å². The molecule has 4 aromatic rings. The van der Waals surface area contributed by atoms with Gasteiger partial charge in [0.25, 0.3) is 0 Å². The van der Waals surface area contributed by atoms with Gasteiger partial charge in [0.2, 0.25) is 0 Å². The summed E-state index contributed by atoms with van der Waals surface area (Å²) < 4.78 is 1.46. The van der Waals surface area contributed by atoms with Crippen molar-refractivity contribution < 1.29 is 48.7 Å². The van der Waals surface area contributed by atoms with Crippen LogP contribution in [0.2, 0.25) is 0 Å². The Morgan fingerprint density at radius 2 is 1.28 bits per heavy atom. The van der Waals surface area contributed by atoms with Crippen LogP contribution in [-0.2, 0) is 30.3 Å². The van der Waals surface area contributed by atoms with Crippen molar-refractivity contribution in [2.45, 2.75) is 34.1 Å². The molecule has 0 saturated carbocycles. The van der Waals surface area contributed by atoms with Crippen molar-refractivity contribution in [3.05, 3.63) is 155 Å². The Bertz CT molecular complexity index is 1310. The first-order chi connectivity index (χ1) is 17.8. The predicted octanol–water partition coefficient (Wildman–Crippen LogP) is 2.84. The molecule has 0 nitrogen and oxygen atoms in total.